The molecule has 2 aromatic carbocycles. The molecule has 0 saturated heterocycles. The fraction of sp³-hybridized carbons (Fsp3) is 0.263. The average molecular weight is 389 g/mol. The lowest BCUT2D eigenvalue weighted by Gasteiger charge is -2.10. The highest BCUT2D eigenvalue weighted by atomic mass is 79.9. The first kappa shape index (κ1) is 18.2. The monoisotopic (exact) mass is 388 g/mol. The van der Waals surface area contributed by atoms with E-state index in [2.05, 4.69) is 40.3 Å². The van der Waals surface area contributed by atoms with Crippen LogP contribution < -0.4 is 10.2 Å². The molecule has 1 amide bonds. The summed E-state index contributed by atoms with van der Waals surface area (Å²) < 4.78 is 6.56. The quantitative estimate of drug-likeness (QED) is 0.582. The highest BCUT2D eigenvalue weighted by molar-refractivity contribution is 9.10. The summed E-state index contributed by atoms with van der Waals surface area (Å²) in [4.78, 5) is 12.0. The maximum absolute atomic E-state index is 12.0. The minimum Gasteiger partial charge on any atom is -0.492 e. The second kappa shape index (κ2) is 8.64. The number of ether oxygens (including phenoxy) is 1. The highest BCUT2D eigenvalue weighted by Gasteiger charge is 2.04. The molecule has 0 aliphatic carbocycles. The number of carbonyl (C=O) groups excluding carboxylic acids is 1. The predicted molar refractivity (Wildman–Crippen MR) is 101 cm³/mol. The Hall–Kier alpha value is -2.14. The normalized spacial score (nSPS) is 11.0. The van der Waals surface area contributed by atoms with Crippen molar-refractivity contribution in [3.63, 3.8) is 0 Å². The molecule has 0 atom stereocenters. The number of hydrogen-bond donors (Lipinski definition) is 1. The summed E-state index contributed by atoms with van der Waals surface area (Å²) in [6, 6.07) is 13.0. The number of halogens is 1. The van der Waals surface area contributed by atoms with E-state index in [1.165, 1.54) is 0 Å². The van der Waals surface area contributed by atoms with E-state index >= 15 is 0 Å². The first-order chi connectivity index (χ1) is 11.5. The molecule has 0 aliphatic rings. The molecule has 2 rings (SSSR count). The molecule has 126 valence electrons. The van der Waals surface area contributed by atoms with Gasteiger partial charge in [0, 0.05) is 5.56 Å². The maximum Gasteiger partial charge on any atom is 0.271 e. The van der Waals surface area contributed by atoms with Crippen LogP contribution in [0.3, 0.4) is 0 Å². The molecule has 0 bridgehead atoms. The van der Waals surface area contributed by atoms with Gasteiger partial charge in [-0.25, -0.2) is 5.43 Å². The zero-order valence-corrected chi connectivity index (χ0v) is 15.6. The Bertz CT molecular complexity index is 725. The van der Waals surface area contributed by atoms with Crippen LogP contribution in [0.2, 0.25) is 0 Å². The SMILES string of the molecule is Cc1ccc(C(=O)N/N=C\c2ccc(OCC(C)C)c(Br)c2)cc1. The van der Waals surface area contributed by atoms with Crippen molar-refractivity contribution in [3.8, 4) is 5.75 Å². The van der Waals surface area contributed by atoms with Gasteiger partial charge in [-0.05, 0) is 64.7 Å². The third-order valence-electron chi connectivity index (χ3n) is 3.22. The zero-order chi connectivity index (χ0) is 17.5. The minimum absolute atomic E-state index is 0.234. The molecular weight excluding hydrogens is 368 g/mol. The number of hydrogen-bond acceptors (Lipinski definition) is 3. The highest BCUT2D eigenvalue weighted by Crippen LogP contribution is 2.25. The fourth-order valence-electron chi connectivity index (χ4n) is 1.91. The molecule has 0 unspecified atom stereocenters. The molecule has 5 heteroatoms. The number of aryl methyl sites for hydroxylation is 1. The number of nitrogens with one attached hydrogen (secondary N) is 1. The number of carbonyl (C=O) groups is 1. The topological polar surface area (TPSA) is 50.7 Å². The number of benzene rings is 2. The Balaban J connectivity index is 1.95. The maximum atomic E-state index is 12.0. The van der Waals surface area contributed by atoms with Crippen LogP contribution >= 0.6 is 15.9 Å². The van der Waals surface area contributed by atoms with E-state index in [0.717, 1.165) is 21.3 Å². The molecular formula is C19H21BrN2O2. The first-order valence-corrected chi connectivity index (χ1v) is 8.57. The van der Waals surface area contributed by atoms with Gasteiger partial charge in [0.05, 0.1) is 17.3 Å². The van der Waals surface area contributed by atoms with E-state index in [0.29, 0.717) is 18.1 Å². The lowest BCUT2D eigenvalue weighted by molar-refractivity contribution is 0.0955. The van der Waals surface area contributed by atoms with Crippen LogP contribution in [0.25, 0.3) is 0 Å². The Morgan fingerprint density at radius 1 is 1.25 bits per heavy atom. The number of hydrazone groups is 1. The summed E-state index contributed by atoms with van der Waals surface area (Å²) in [6.45, 7) is 6.85. The van der Waals surface area contributed by atoms with Crippen LogP contribution in [0.4, 0.5) is 0 Å². The van der Waals surface area contributed by atoms with Crippen LogP contribution in [-0.4, -0.2) is 18.7 Å². The van der Waals surface area contributed by atoms with Crippen LogP contribution in [-0.2, 0) is 0 Å². The summed E-state index contributed by atoms with van der Waals surface area (Å²) in [5.41, 5.74) is 5.08. The summed E-state index contributed by atoms with van der Waals surface area (Å²) in [6.07, 6.45) is 1.60. The van der Waals surface area contributed by atoms with Gasteiger partial charge in [0.1, 0.15) is 5.75 Å². The molecule has 0 aromatic heterocycles. The molecule has 2 aromatic rings. The van der Waals surface area contributed by atoms with E-state index in [4.69, 9.17) is 4.74 Å². The van der Waals surface area contributed by atoms with Gasteiger partial charge in [-0.3, -0.25) is 4.79 Å². The Morgan fingerprint density at radius 3 is 2.58 bits per heavy atom. The molecule has 1 N–H and O–H groups in total. The second-order valence-corrected chi connectivity index (χ2v) is 6.81. The molecule has 0 spiro atoms. The fourth-order valence-corrected chi connectivity index (χ4v) is 2.42. The lowest BCUT2D eigenvalue weighted by atomic mass is 10.1. The molecule has 4 nitrogen and oxygen atoms in total. The van der Waals surface area contributed by atoms with Gasteiger partial charge in [0.2, 0.25) is 0 Å². The molecule has 24 heavy (non-hydrogen) atoms. The third-order valence-corrected chi connectivity index (χ3v) is 3.84. The summed E-state index contributed by atoms with van der Waals surface area (Å²) in [5.74, 6) is 1.03. The van der Waals surface area contributed by atoms with Crippen molar-refractivity contribution in [2.24, 2.45) is 11.0 Å². The van der Waals surface area contributed by atoms with Gasteiger partial charge in [0.25, 0.3) is 5.91 Å². The minimum atomic E-state index is -0.234. The standard InChI is InChI=1S/C19H21BrN2O2/c1-13(2)12-24-18-9-6-15(10-17(18)20)11-21-22-19(23)16-7-4-14(3)5-8-16/h4-11,13H,12H2,1-3H3,(H,22,23)/b21-11-. The van der Waals surface area contributed by atoms with Crippen molar-refractivity contribution < 1.29 is 9.53 Å². The zero-order valence-electron chi connectivity index (χ0n) is 14.0. The van der Waals surface area contributed by atoms with Gasteiger partial charge >= 0.3 is 0 Å². The number of rotatable bonds is 6. The Morgan fingerprint density at radius 2 is 1.96 bits per heavy atom. The molecule has 0 aliphatic heterocycles. The molecule has 0 radical (unpaired) electrons. The van der Waals surface area contributed by atoms with Gasteiger partial charge in [0.15, 0.2) is 0 Å². The van der Waals surface area contributed by atoms with Crippen molar-refractivity contribution in [1.82, 2.24) is 5.43 Å². The van der Waals surface area contributed by atoms with E-state index in [1.54, 1.807) is 18.3 Å². The predicted octanol–water partition coefficient (Wildman–Crippen LogP) is 4.56. The van der Waals surface area contributed by atoms with Gasteiger partial charge in [-0.1, -0.05) is 31.5 Å². The third kappa shape index (κ3) is 5.49. The van der Waals surface area contributed by atoms with Crippen LogP contribution in [0.15, 0.2) is 52.0 Å². The first-order valence-electron chi connectivity index (χ1n) is 7.78. The van der Waals surface area contributed by atoms with E-state index in [1.807, 2.05) is 37.3 Å². The summed E-state index contributed by atoms with van der Waals surface area (Å²) in [5, 5.41) is 4.00. The largest absolute Gasteiger partial charge is 0.492 e. The van der Waals surface area contributed by atoms with E-state index in [9.17, 15) is 4.79 Å². The Kier molecular flexibility index (Phi) is 6.55. The smallest absolute Gasteiger partial charge is 0.271 e. The van der Waals surface area contributed by atoms with Gasteiger partial charge in [-0.2, -0.15) is 5.10 Å². The molecule has 0 heterocycles. The number of amides is 1. The van der Waals surface area contributed by atoms with Crippen molar-refractivity contribution in [3.05, 3.63) is 63.6 Å². The summed E-state index contributed by atoms with van der Waals surface area (Å²) in [7, 11) is 0. The van der Waals surface area contributed by atoms with Crippen molar-refractivity contribution in [1.29, 1.82) is 0 Å². The molecule has 0 fully saturated rings. The summed E-state index contributed by atoms with van der Waals surface area (Å²) >= 11 is 3.49. The van der Waals surface area contributed by atoms with Gasteiger partial charge < -0.3 is 4.74 Å². The second-order valence-electron chi connectivity index (χ2n) is 5.96. The van der Waals surface area contributed by atoms with Crippen molar-refractivity contribution >= 4 is 28.1 Å². The van der Waals surface area contributed by atoms with Crippen LogP contribution in [0, 0.1) is 12.8 Å². The lowest BCUT2D eigenvalue weighted by Crippen LogP contribution is -2.17. The van der Waals surface area contributed by atoms with Crippen LogP contribution in [0.1, 0.15) is 35.3 Å². The molecule has 0 saturated carbocycles. The van der Waals surface area contributed by atoms with Crippen molar-refractivity contribution in [2.75, 3.05) is 6.61 Å². The Labute approximate surface area is 151 Å². The van der Waals surface area contributed by atoms with E-state index < -0.39 is 0 Å². The number of nitrogens with zero attached hydrogens (tertiary/aromatic N) is 1. The van der Waals surface area contributed by atoms with Crippen LogP contribution in [0.5, 0.6) is 5.75 Å². The van der Waals surface area contributed by atoms with E-state index in [-0.39, 0.29) is 5.91 Å². The average Bonchev–Trinajstić information content (AvgIpc) is 2.54. The van der Waals surface area contributed by atoms with Gasteiger partial charge in [-0.15, -0.1) is 0 Å². The van der Waals surface area contributed by atoms with Crippen molar-refractivity contribution in [2.45, 2.75) is 20.8 Å².